The lowest BCUT2D eigenvalue weighted by atomic mass is 9.97. The van der Waals surface area contributed by atoms with Crippen LogP contribution in [0.15, 0.2) is 15.4 Å². The summed E-state index contributed by atoms with van der Waals surface area (Å²) in [5, 5.41) is 3.00. The van der Waals surface area contributed by atoms with E-state index in [-0.39, 0.29) is 34.1 Å². The second-order valence-electron chi connectivity index (χ2n) is 8.02. The van der Waals surface area contributed by atoms with Crippen LogP contribution in [0, 0.1) is 12.8 Å². The van der Waals surface area contributed by atoms with E-state index < -0.39 is 10.0 Å². The Kier molecular flexibility index (Phi) is 5.22. The first-order chi connectivity index (χ1) is 13.4. The fourth-order valence-corrected chi connectivity index (χ4v) is 5.65. The molecule has 1 atom stereocenters. The summed E-state index contributed by atoms with van der Waals surface area (Å²) in [4.78, 5) is 26.9. The summed E-state index contributed by atoms with van der Waals surface area (Å²) in [5.74, 6) is -0.307. The Labute approximate surface area is 165 Å². The number of likely N-dealkylation sites (tertiary alicyclic amines) is 1. The Hall–Kier alpha value is -1.87. The molecule has 28 heavy (non-hydrogen) atoms. The normalized spacial score (nSPS) is 23.8. The maximum absolute atomic E-state index is 12.9. The molecule has 2 saturated heterocycles. The van der Waals surface area contributed by atoms with Gasteiger partial charge >= 0.3 is 0 Å². The topological polar surface area (TPSA) is 99.9 Å². The van der Waals surface area contributed by atoms with Crippen LogP contribution in [0.2, 0.25) is 0 Å². The highest BCUT2D eigenvalue weighted by molar-refractivity contribution is 7.89. The van der Waals surface area contributed by atoms with Crippen LogP contribution in [0.5, 0.6) is 0 Å². The summed E-state index contributed by atoms with van der Waals surface area (Å²) in [6, 6.07) is 1.64. The Morgan fingerprint density at radius 2 is 1.82 bits per heavy atom. The fourth-order valence-electron chi connectivity index (χ4n) is 3.97. The third kappa shape index (κ3) is 3.82. The first-order valence-corrected chi connectivity index (χ1v) is 11.5. The van der Waals surface area contributed by atoms with E-state index in [2.05, 4.69) is 5.32 Å². The number of piperidine rings is 1. The van der Waals surface area contributed by atoms with Crippen molar-refractivity contribution >= 4 is 21.8 Å². The van der Waals surface area contributed by atoms with Gasteiger partial charge in [0.2, 0.25) is 15.9 Å². The van der Waals surface area contributed by atoms with E-state index in [1.165, 1.54) is 10.4 Å². The molecule has 0 aromatic carbocycles. The number of carbonyl (C=O) groups excluding carboxylic acids is 2. The van der Waals surface area contributed by atoms with Crippen molar-refractivity contribution < 1.29 is 22.4 Å². The SMILES string of the molecule is Cc1oc(C(=O)N2CCCC(C(=O)NC3CC3)C2)cc1S(=O)(=O)N1CCCC1. The van der Waals surface area contributed by atoms with Gasteiger partial charge in [-0.05, 0) is 45.4 Å². The average molecular weight is 410 g/mol. The van der Waals surface area contributed by atoms with Gasteiger partial charge in [0, 0.05) is 38.3 Å². The minimum absolute atomic E-state index is 0.00734. The monoisotopic (exact) mass is 409 g/mol. The molecule has 154 valence electrons. The van der Waals surface area contributed by atoms with Gasteiger partial charge in [-0.1, -0.05) is 0 Å². The van der Waals surface area contributed by atoms with Gasteiger partial charge in [-0.3, -0.25) is 9.59 Å². The number of aryl methyl sites for hydroxylation is 1. The number of amides is 2. The first kappa shape index (κ1) is 19.4. The number of sulfonamides is 1. The predicted molar refractivity (Wildman–Crippen MR) is 101 cm³/mol. The maximum Gasteiger partial charge on any atom is 0.289 e. The van der Waals surface area contributed by atoms with Crippen molar-refractivity contribution in [1.29, 1.82) is 0 Å². The highest BCUT2D eigenvalue weighted by atomic mass is 32.2. The Morgan fingerprint density at radius 1 is 1.11 bits per heavy atom. The second-order valence-corrected chi connectivity index (χ2v) is 9.92. The quantitative estimate of drug-likeness (QED) is 0.794. The fraction of sp³-hybridized carbons (Fsp3) is 0.684. The standard InChI is InChI=1S/C19H27N3O5S/c1-13-17(28(25,26)22-9-2-3-10-22)11-16(27-13)19(24)21-8-4-5-14(12-21)18(23)20-15-6-7-15/h11,14-15H,2-10,12H2,1H3,(H,20,23). The van der Waals surface area contributed by atoms with Crippen LogP contribution in [0.25, 0.3) is 0 Å². The van der Waals surface area contributed by atoms with Crippen LogP contribution in [-0.2, 0) is 14.8 Å². The molecule has 2 aliphatic heterocycles. The van der Waals surface area contributed by atoms with Crippen molar-refractivity contribution in [2.24, 2.45) is 5.92 Å². The summed E-state index contributed by atoms with van der Waals surface area (Å²) in [6.45, 7) is 3.45. The molecular weight excluding hydrogens is 382 g/mol. The molecule has 3 fully saturated rings. The zero-order valence-electron chi connectivity index (χ0n) is 16.1. The third-order valence-electron chi connectivity index (χ3n) is 5.77. The van der Waals surface area contributed by atoms with Crippen molar-refractivity contribution in [2.75, 3.05) is 26.2 Å². The largest absolute Gasteiger partial charge is 0.455 e. The van der Waals surface area contributed by atoms with Gasteiger partial charge in [0.25, 0.3) is 5.91 Å². The lowest BCUT2D eigenvalue weighted by Crippen LogP contribution is -2.45. The zero-order valence-corrected chi connectivity index (χ0v) is 17.0. The van der Waals surface area contributed by atoms with Crippen LogP contribution in [-0.4, -0.2) is 61.7 Å². The number of carbonyl (C=O) groups is 2. The second kappa shape index (κ2) is 7.51. The molecule has 0 bridgehead atoms. The molecule has 1 unspecified atom stereocenters. The van der Waals surface area contributed by atoms with E-state index in [4.69, 9.17) is 4.42 Å². The lowest BCUT2D eigenvalue weighted by Gasteiger charge is -2.31. The molecule has 3 aliphatic rings. The number of nitrogens with one attached hydrogen (secondary N) is 1. The predicted octanol–water partition coefficient (Wildman–Crippen LogP) is 1.50. The molecule has 1 aromatic heterocycles. The van der Waals surface area contributed by atoms with Crippen molar-refractivity contribution in [1.82, 2.24) is 14.5 Å². The highest BCUT2D eigenvalue weighted by Crippen LogP contribution is 2.28. The Balaban J connectivity index is 1.48. The van der Waals surface area contributed by atoms with Gasteiger partial charge in [0.1, 0.15) is 10.7 Å². The van der Waals surface area contributed by atoms with Gasteiger partial charge < -0.3 is 14.6 Å². The number of nitrogens with zero attached hydrogens (tertiary/aromatic N) is 2. The number of furan rings is 1. The molecule has 2 amide bonds. The van der Waals surface area contributed by atoms with E-state index in [1.807, 2.05) is 0 Å². The molecule has 8 nitrogen and oxygen atoms in total. The zero-order chi connectivity index (χ0) is 19.9. The van der Waals surface area contributed by atoms with Crippen molar-refractivity contribution in [3.8, 4) is 0 Å². The van der Waals surface area contributed by atoms with Crippen LogP contribution in [0.1, 0.15) is 54.8 Å². The summed E-state index contributed by atoms with van der Waals surface area (Å²) in [5.41, 5.74) is 0. The molecule has 0 spiro atoms. The van der Waals surface area contributed by atoms with Crippen molar-refractivity contribution in [3.05, 3.63) is 17.6 Å². The van der Waals surface area contributed by atoms with Gasteiger partial charge in [-0.2, -0.15) is 4.31 Å². The van der Waals surface area contributed by atoms with E-state index >= 15 is 0 Å². The summed E-state index contributed by atoms with van der Waals surface area (Å²) < 4.78 is 32.6. The minimum Gasteiger partial charge on any atom is -0.455 e. The van der Waals surface area contributed by atoms with Gasteiger partial charge in [0.05, 0.1) is 5.92 Å². The summed E-state index contributed by atoms with van der Waals surface area (Å²) in [6.07, 6.45) is 5.25. The van der Waals surface area contributed by atoms with Gasteiger partial charge in [-0.25, -0.2) is 8.42 Å². The molecule has 1 aliphatic carbocycles. The highest BCUT2D eigenvalue weighted by Gasteiger charge is 2.35. The number of rotatable bonds is 5. The van der Waals surface area contributed by atoms with E-state index in [1.54, 1.807) is 11.8 Å². The molecule has 1 aromatic rings. The van der Waals surface area contributed by atoms with Crippen molar-refractivity contribution in [3.63, 3.8) is 0 Å². The van der Waals surface area contributed by atoms with Crippen LogP contribution >= 0.6 is 0 Å². The van der Waals surface area contributed by atoms with E-state index in [9.17, 15) is 18.0 Å². The Morgan fingerprint density at radius 3 is 2.50 bits per heavy atom. The first-order valence-electron chi connectivity index (χ1n) is 10.1. The molecular formula is C19H27N3O5S. The Bertz CT molecular complexity index is 868. The lowest BCUT2D eigenvalue weighted by molar-refractivity contribution is -0.126. The number of hydrogen-bond donors (Lipinski definition) is 1. The third-order valence-corrected chi connectivity index (χ3v) is 7.78. The van der Waals surface area contributed by atoms with Crippen LogP contribution in [0.3, 0.4) is 0 Å². The average Bonchev–Trinajstić information content (AvgIpc) is 3.16. The molecule has 1 N–H and O–H groups in total. The summed E-state index contributed by atoms with van der Waals surface area (Å²) in [7, 11) is -3.64. The van der Waals surface area contributed by atoms with E-state index in [0.29, 0.717) is 32.2 Å². The molecule has 4 rings (SSSR count). The maximum atomic E-state index is 12.9. The van der Waals surface area contributed by atoms with Crippen LogP contribution in [0.4, 0.5) is 0 Å². The molecule has 3 heterocycles. The van der Waals surface area contributed by atoms with Crippen molar-refractivity contribution in [2.45, 2.75) is 56.4 Å². The van der Waals surface area contributed by atoms with Crippen LogP contribution < -0.4 is 5.32 Å². The van der Waals surface area contributed by atoms with Gasteiger partial charge in [0.15, 0.2) is 5.76 Å². The molecule has 0 radical (unpaired) electrons. The smallest absolute Gasteiger partial charge is 0.289 e. The van der Waals surface area contributed by atoms with E-state index in [0.717, 1.165) is 38.5 Å². The molecule has 1 saturated carbocycles. The van der Waals surface area contributed by atoms with Gasteiger partial charge in [-0.15, -0.1) is 0 Å². The molecule has 9 heteroatoms. The summed E-state index contributed by atoms with van der Waals surface area (Å²) >= 11 is 0. The minimum atomic E-state index is -3.64. The number of hydrogen-bond acceptors (Lipinski definition) is 5.